The van der Waals surface area contributed by atoms with E-state index >= 15 is 0 Å². The van der Waals surface area contributed by atoms with Crippen molar-refractivity contribution in [2.45, 2.75) is 25.8 Å². The van der Waals surface area contributed by atoms with Crippen molar-refractivity contribution in [1.82, 2.24) is 15.1 Å². The fourth-order valence-corrected chi connectivity index (χ4v) is 3.94. The molecule has 1 saturated heterocycles. The van der Waals surface area contributed by atoms with Gasteiger partial charge in [-0.25, -0.2) is 0 Å². The maximum Gasteiger partial charge on any atom is 0.312 e. The lowest BCUT2D eigenvalue weighted by Crippen LogP contribution is -2.55. The van der Waals surface area contributed by atoms with Crippen LogP contribution in [0.5, 0.6) is 0 Å². The second-order valence-corrected chi connectivity index (χ2v) is 8.42. The van der Waals surface area contributed by atoms with E-state index in [1.165, 1.54) is 9.80 Å². The van der Waals surface area contributed by atoms with E-state index in [9.17, 15) is 24.3 Å². The Morgan fingerprint density at radius 1 is 1.03 bits per heavy atom. The van der Waals surface area contributed by atoms with Crippen molar-refractivity contribution >= 4 is 29.5 Å². The molecule has 1 unspecified atom stereocenters. The molecule has 1 heterocycles. The van der Waals surface area contributed by atoms with E-state index in [2.05, 4.69) is 5.32 Å². The Balaban J connectivity index is 1.53. The van der Waals surface area contributed by atoms with Gasteiger partial charge < -0.3 is 26.0 Å². The quantitative estimate of drug-likeness (QED) is 0.174. The molecule has 3 rings (SSSR count). The number of hydrogen-bond acceptors (Lipinski definition) is 5. The van der Waals surface area contributed by atoms with Gasteiger partial charge in [0, 0.05) is 37.3 Å². The van der Waals surface area contributed by atoms with Crippen LogP contribution in [0.1, 0.15) is 45.9 Å². The van der Waals surface area contributed by atoms with Crippen LogP contribution < -0.4 is 11.1 Å². The maximum absolute atomic E-state index is 12.8. The molecule has 0 bridgehead atoms. The summed E-state index contributed by atoms with van der Waals surface area (Å²) in [5.74, 6) is -2.82. The highest BCUT2D eigenvalue weighted by molar-refractivity contribution is 6.35. The molecule has 1 fully saturated rings. The largest absolute Gasteiger partial charge is 0.481 e. The molecule has 1 aliphatic heterocycles. The summed E-state index contributed by atoms with van der Waals surface area (Å²) in [5.41, 5.74) is 8.04. The van der Waals surface area contributed by atoms with Crippen LogP contribution in [0.3, 0.4) is 0 Å². The lowest BCUT2D eigenvalue weighted by molar-refractivity contribution is -0.159. The lowest BCUT2D eigenvalue weighted by Gasteiger charge is -2.38. The number of carbonyl (C=O) groups is 4. The Bertz CT molecular complexity index is 1110. The summed E-state index contributed by atoms with van der Waals surface area (Å²) in [5, 5.41) is 19.5. The molecule has 1 atom stereocenters. The first-order valence-electron chi connectivity index (χ1n) is 11.3. The molecule has 0 aromatic heterocycles. The summed E-state index contributed by atoms with van der Waals surface area (Å²) >= 11 is 0. The number of rotatable bonds is 10. The predicted octanol–water partition coefficient (Wildman–Crippen LogP) is 1.29. The van der Waals surface area contributed by atoms with Crippen molar-refractivity contribution in [3.63, 3.8) is 0 Å². The Labute approximate surface area is 203 Å². The highest BCUT2D eigenvalue weighted by Crippen LogP contribution is 2.27. The minimum atomic E-state index is -1.05. The van der Waals surface area contributed by atoms with Crippen LogP contribution in [-0.4, -0.2) is 70.6 Å². The van der Waals surface area contributed by atoms with E-state index in [1.807, 2.05) is 19.1 Å². The Hall–Kier alpha value is -4.21. The molecule has 184 valence electrons. The number of aryl methyl sites for hydroxylation is 1. The van der Waals surface area contributed by atoms with E-state index in [0.29, 0.717) is 29.7 Å². The summed E-state index contributed by atoms with van der Waals surface area (Å²) < 4.78 is 0. The number of nitrogens with one attached hydrogen (secondary N) is 2. The van der Waals surface area contributed by atoms with Crippen LogP contribution in [0.15, 0.2) is 48.5 Å². The molecule has 0 saturated carbocycles. The third-order valence-electron chi connectivity index (χ3n) is 5.90. The van der Waals surface area contributed by atoms with Crippen molar-refractivity contribution in [2.75, 3.05) is 26.2 Å². The van der Waals surface area contributed by atoms with Gasteiger partial charge in [0.2, 0.25) is 0 Å². The van der Waals surface area contributed by atoms with Crippen molar-refractivity contribution in [3.8, 4) is 0 Å². The molecule has 35 heavy (non-hydrogen) atoms. The van der Waals surface area contributed by atoms with Gasteiger partial charge in [0.05, 0.1) is 12.5 Å². The average molecular weight is 480 g/mol. The number of carboxylic acid groups (broad SMARTS) is 1. The molecular formula is C25H29N5O5. The van der Waals surface area contributed by atoms with Gasteiger partial charge in [0.25, 0.3) is 5.91 Å². The summed E-state index contributed by atoms with van der Waals surface area (Å²) in [6.45, 7) is 3.02. The van der Waals surface area contributed by atoms with Crippen LogP contribution in [0, 0.1) is 12.3 Å². The molecule has 2 aromatic carbocycles. The normalized spacial score (nSPS) is 14.5. The van der Waals surface area contributed by atoms with Crippen molar-refractivity contribution < 1.29 is 24.3 Å². The monoisotopic (exact) mass is 479 g/mol. The SMILES string of the molecule is Cc1ccc(C(CC(=O)O)N2CCN(CCCNC(=O)c3ccc(C(=N)N)cc3)C(=O)C2=O)cc1. The molecule has 5 N–H and O–H groups in total. The van der Waals surface area contributed by atoms with E-state index in [1.54, 1.807) is 36.4 Å². The van der Waals surface area contributed by atoms with Gasteiger partial charge in [-0.3, -0.25) is 24.6 Å². The van der Waals surface area contributed by atoms with Gasteiger partial charge in [-0.15, -0.1) is 0 Å². The molecular weight excluding hydrogens is 450 g/mol. The van der Waals surface area contributed by atoms with Gasteiger partial charge in [-0.05, 0) is 31.0 Å². The zero-order valence-corrected chi connectivity index (χ0v) is 19.5. The zero-order valence-electron chi connectivity index (χ0n) is 19.5. The third kappa shape index (κ3) is 6.44. The minimum Gasteiger partial charge on any atom is -0.481 e. The third-order valence-corrected chi connectivity index (χ3v) is 5.90. The van der Waals surface area contributed by atoms with Gasteiger partial charge in [0.1, 0.15) is 5.84 Å². The van der Waals surface area contributed by atoms with E-state index in [4.69, 9.17) is 11.1 Å². The number of aliphatic carboxylic acids is 1. The highest BCUT2D eigenvalue weighted by Gasteiger charge is 2.37. The van der Waals surface area contributed by atoms with E-state index in [-0.39, 0.29) is 37.8 Å². The number of hydrogen-bond donors (Lipinski definition) is 4. The standard InChI is InChI=1S/C25H29N5O5/c1-16-3-5-17(6-4-16)20(15-21(31)32)30-14-13-29(24(34)25(30)35)12-2-11-28-23(33)19-9-7-18(8-10-19)22(26)27/h3-10,20H,2,11-15H2,1H3,(H3,26,27)(H,28,33)(H,31,32). The van der Waals surface area contributed by atoms with Crippen molar-refractivity contribution in [2.24, 2.45) is 5.73 Å². The fourth-order valence-electron chi connectivity index (χ4n) is 3.94. The first-order chi connectivity index (χ1) is 16.7. The molecule has 3 amide bonds. The Kier molecular flexibility index (Phi) is 8.19. The molecule has 10 heteroatoms. The van der Waals surface area contributed by atoms with Crippen LogP contribution in [0.4, 0.5) is 0 Å². The fraction of sp³-hybridized carbons (Fsp3) is 0.320. The number of nitrogens with two attached hydrogens (primary N) is 1. The van der Waals surface area contributed by atoms with Gasteiger partial charge >= 0.3 is 17.8 Å². The number of piperazine rings is 1. The second-order valence-electron chi connectivity index (χ2n) is 8.42. The number of amides is 3. The molecule has 2 aromatic rings. The van der Waals surface area contributed by atoms with Crippen LogP contribution in [0.25, 0.3) is 0 Å². The average Bonchev–Trinajstić information content (AvgIpc) is 2.83. The van der Waals surface area contributed by atoms with Gasteiger partial charge in [0.15, 0.2) is 0 Å². The summed E-state index contributed by atoms with van der Waals surface area (Å²) in [4.78, 5) is 52.0. The smallest absolute Gasteiger partial charge is 0.312 e. The molecule has 1 aliphatic rings. The number of benzene rings is 2. The Morgan fingerprint density at radius 3 is 2.26 bits per heavy atom. The molecule has 0 spiro atoms. The van der Waals surface area contributed by atoms with Gasteiger partial charge in [-0.1, -0.05) is 42.0 Å². The predicted molar refractivity (Wildman–Crippen MR) is 129 cm³/mol. The number of carbonyl (C=O) groups excluding carboxylic acids is 3. The number of amidine groups is 1. The number of carboxylic acids is 1. The maximum atomic E-state index is 12.8. The zero-order chi connectivity index (χ0) is 25.5. The minimum absolute atomic E-state index is 0.0792. The second kappa shape index (κ2) is 11.3. The van der Waals surface area contributed by atoms with Crippen molar-refractivity contribution in [3.05, 3.63) is 70.8 Å². The molecule has 0 aliphatic carbocycles. The van der Waals surface area contributed by atoms with Crippen LogP contribution in [0.2, 0.25) is 0 Å². The summed E-state index contributed by atoms with van der Waals surface area (Å²) in [7, 11) is 0. The molecule has 10 nitrogen and oxygen atoms in total. The van der Waals surface area contributed by atoms with Crippen LogP contribution in [-0.2, 0) is 14.4 Å². The Morgan fingerprint density at radius 2 is 1.66 bits per heavy atom. The molecule has 0 radical (unpaired) electrons. The van der Waals surface area contributed by atoms with Gasteiger partial charge in [-0.2, -0.15) is 0 Å². The first kappa shape index (κ1) is 25.4. The van der Waals surface area contributed by atoms with Crippen LogP contribution >= 0.6 is 0 Å². The number of nitrogens with zero attached hydrogens (tertiary/aromatic N) is 2. The summed E-state index contributed by atoms with van der Waals surface area (Å²) in [6.07, 6.45) is 0.161. The number of nitrogen functional groups attached to an aromatic ring is 1. The van der Waals surface area contributed by atoms with Crippen molar-refractivity contribution in [1.29, 1.82) is 5.41 Å². The van der Waals surface area contributed by atoms with E-state index < -0.39 is 23.8 Å². The summed E-state index contributed by atoms with van der Waals surface area (Å²) in [6, 6.07) is 12.9. The lowest BCUT2D eigenvalue weighted by atomic mass is 9.99. The topological polar surface area (TPSA) is 157 Å². The first-order valence-corrected chi connectivity index (χ1v) is 11.3. The highest BCUT2D eigenvalue weighted by atomic mass is 16.4. The van der Waals surface area contributed by atoms with E-state index in [0.717, 1.165) is 5.56 Å².